The van der Waals surface area contributed by atoms with E-state index in [0.29, 0.717) is 22.3 Å². The van der Waals surface area contributed by atoms with E-state index in [2.05, 4.69) is 0 Å². The second kappa shape index (κ2) is 6.24. The minimum atomic E-state index is -0.420. The maximum Gasteiger partial charge on any atom is 0.352 e. The molecule has 0 fully saturated rings. The zero-order chi connectivity index (χ0) is 13.7. The predicted octanol–water partition coefficient (Wildman–Crippen LogP) is 3.12. The Labute approximate surface area is 115 Å². The molecule has 0 N–H and O–H groups in total. The Balaban J connectivity index is 2.15. The summed E-state index contributed by atoms with van der Waals surface area (Å²) in [6.45, 7) is 0.394. The first-order chi connectivity index (χ1) is 9.24. The molecule has 4 nitrogen and oxygen atoms in total. The lowest BCUT2D eigenvalue weighted by Crippen LogP contribution is -2.02. The van der Waals surface area contributed by atoms with E-state index < -0.39 is 5.97 Å². The van der Waals surface area contributed by atoms with Gasteiger partial charge in [0.15, 0.2) is 9.94 Å². The van der Waals surface area contributed by atoms with E-state index in [-0.39, 0.29) is 0 Å². The maximum atomic E-state index is 11.6. The molecule has 2 rings (SSSR count). The van der Waals surface area contributed by atoms with Gasteiger partial charge in [-0.1, -0.05) is 41.7 Å². The van der Waals surface area contributed by atoms with Crippen LogP contribution in [0, 0.1) is 0 Å². The number of esters is 1. The largest absolute Gasteiger partial charge is 0.487 e. The second-order valence-corrected chi connectivity index (χ2v) is 4.74. The topological polar surface area (TPSA) is 44.8 Å². The highest BCUT2D eigenvalue weighted by Crippen LogP contribution is 2.35. The van der Waals surface area contributed by atoms with Crippen molar-refractivity contribution in [3.8, 4) is 10.8 Å². The fourth-order valence-electron chi connectivity index (χ4n) is 1.53. The summed E-state index contributed by atoms with van der Waals surface area (Å²) >= 11 is 1.21. The lowest BCUT2D eigenvalue weighted by atomic mass is 10.2. The van der Waals surface area contributed by atoms with E-state index in [4.69, 9.17) is 14.2 Å². The molecule has 0 bridgehead atoms. The van der Waals surface area contributed by atoms with Gasteiger partial charge in [-0.15, -0.1) is 0 Å². The second-order valence-electron chi connectivity index (χ2n) is 3.73. The number of hydrogen-bond acceptors (Lipinski definition) is 5. The van der Waals surface area contributed by atoms with Crippen molar-refractivity contribution in [2.45, 2.75) is 6.61 Å². The van der Waals surface area contributed by atoms with Crippen molar-refractivity contribution in [3.05, 3.63) is 46.8 Å². The lowest BCUT2D eigenvalue weighted by Gasteiger charge is -2.05. The fourth-order valence-corrected chi connectivity index (χ4v) is 2.37. The van der Waals surface area contributed by atoms with Gasteiger partial charge in [0.05, 0.1) is 14.2 Å². The van der Waals surface area contributed by atoms with Crippen LogP contribution in [0.2, 0.25) is 0 Å². The summed E-state index contributed by atoms with van der Waals surface area (Å²) in [6, 6.07) is 11.4. The molecular formula is C14H14O4S. The number of thiophene rings is 1. The highest BCUT2D eigenvalue weighted by molar-refractivity contribution is 7.16. The van der Waals surface area contributed by atoms with Gasteiger partial charge in [0.2, 0.25) is 0 Å². The highest BCUT2D eigenvalue weighted by atomic mass is 32.1. The van der Waals surface area contributed by atoms with Gasteiger partial charge in [-0.25, -0.2) is 4.79 Å². The molecule has 0 saturated heterocycles. The Morgan fingerprint density at radius 1 is 1.21 bits per heavy atom. The van der Waals surface area contributed by atoms with Crippen LogP contribution in [0.5, 0.6) is 10.8 Å². The van der Waals surface area contributed by atoms with Crippen LogP contribution in [-0.2, 0) is 11.3 Å². The minimum Gasteiger partial charge on any atom is -0.487 e. The summed E-state index contributed by atoms with van der Waals surface area (Å²) in [5.41, 5.74) is 1.03. The van der Waals surface area contributed by atoms with Crippen LogP contribution < -0.4 is 9.47 Å². The monoisotopic (exact) mass is 278 g/mol. The SMILES string of the molecule is COC(=O)c1sc(OC)cc1OCc1ccccc1. The molecule has 19 heavy (non-hydrogen) atoms. The van der Waals surface area contributed by atoms with E-state index in [0.717, 1.165) is 5.56 Å². The first-order valence-corrected chi connectivity index (χ1v) is 6.49. The van der Waals surface area contributed by atoms with Gasteiger partial charge < -0.3 is 14.2 Å². The van der Waals surface area contributed by atoms with Crippen LogP contribution >= 0.6 is 11.3 Å². The molecule has 0 atom stereocenters. The molecule has 1 heterocycles. The molecule has 0 saturated carbocycles. The lowest BCUT2D eigenvalue weighted by molar-refractivity contribution is 0.0601. The molecule has 1 aromatic heterocycles. The van der Waals surface area contributed by atoms with Gasteiger partial charge in [0, 0.05) is 6.07 Å². The molecule has 0 spiro atoms. The summed E-state index contributed by atoms with van der Waals surface area (Å²) in [7, 11) is 2.89. The Kier molecular flexibility index (Phi) is 4.41. The average Bonchev–Trinajstić information content (AvgIpc) is 2.88. The van der Waals surface area contributed by atoms with Crippen molar-refractivity contribution >= 4 is 17.3 Å². The van der Waals surface area contributed by atoms with Crippen LogP contribution in [0.1, 0.15) is 15.2 Å². The van der Waals surface area contributed by atoms with E-state index in [9.17, 15) is 4.79 Å². The Morgan fingerprint density at radius 2 is 1.95 bits per heavy atom. The van der Waals surface area contributed by atoms with Gasteiger partial charge in [-0.05, 0) is 5.56 Å². The molecule has 0 aliphatic rings. The number of benzene rings is 1. The Bertz CT molecular complexity index is 548. The molecule has 0 amide bonds. The van der Waals surface area contributed by atoms with Crippen LogP contribution in [-0.4, -0.2) is 20.2 Å². The first-order valence-electron chi connectivity index (χ1n) is 5.67. The van der Waals surface area contributed by atoms with Crippen LogP contribution in [0.4, 0.5) is 0 Å². The molecule has 0 aliphatic carbocycles. The summed E-state index contributed by atoms with van der Waals surface area (Å²) in [4.78, 5) is 12.0. The van der Waals surface area contributed by atoms with E-state index in [1.54, 1.807) is 13.2 Å². The highest BCUT2D eigenvalue weighted by Gasteiger charge is 2.18. The number of carbonyl (C=O) groups excluding carboxylic acids is 1. The third-order valence-corrected chi connectivity index (χ3v) is 3.54. The van der Waals surface area contributed by atoms with Crippen molar-refractivity contribution in [1.82, 2.24) is 0 Å². The number of ether oxygens (including phenoxy) is 3. The first kappa shape index (κ1) is 13.4. The molecule has 2 aromatic rings. The van der Waals surface area contributed by atoms with Crippen molar-refractivity contribution in [3.63, 3.8) is 0 Å². The summed E-state index contributed by atoms with van der Waals surface area (Å²) in [5, 5.41) is 0.614. The maximum absolute atomic E-state index is 11.6. The van der Waals surface area contributed by atoms with Crippen molar-refractivity contribution in [2.75, 3.05) is 14.2 Å². The van der Waals surface area contributed by atoms with E-state index in [1.165, 1.54) is 18.4 Å². The summed E-state index contributed by atoms with van der Waals surface area (Å²) in [5.74, 6) is 0.0638. The third-order valence-electron chi connectivity index (χ3n) is 2.48. The van der Waals surface area contributed by atoms with Gasteiger partial charge >= 0.3 is 5.97 Å². The van der Waals surface area contributed by atoms with Crippen LogP contribution in [0.15, 0.2) is 36.4 Å². The van der Waals surface area contributed by atoms with Crippen LogP contribution in [0.25, 0.3) is 0 Å². The molecule has 0 radical (unpaired) electrons. The normalized spacial score (nSPS) is 10.0. The number of methoxy groups -OCH3 is 2. The molecule has 100 valence electrons. The van der Waals surface area contributed by atoms with Crippen molar-refractivity contribution in [1.29, 1.82) is 0 Å². The Morgan fingerprint density at radius 3 is 2.58 bits per heavy atom. The Hall–Kier alpha value is -2.01. The molecule has 5 heteroatoms. The van der Waals surface area contributed by atoms with Gasteiger partial charge in [0.1, 0.15) is 12.4 Å². The summed E-state index contributed by atoms with van der Waals surface area (Å²) in [6.07, 6.45) is 0. The van der Waals surface area contributed by atoms with E-state index >= 15 is 0 Å². The van der Waals surface area contributed by atoms with E-state index in [1.807, 2.05) is 30.3 Å². The molecular weight excluding hydrogens is 264 g/mol. The smallest absolute Gasteiger partial charge is 0.352 e. The average molecular weight is 278 g/mol. The molecule has 0 aliphatic heterocycles. The van der Waals surface area contributed by atoms with Crippen molar-refractivity contribution < 1.29 is 19.0 Å². The van der Waals surface area contributed by atoms with Gasteiger partial charge in [-0.2, -0.15) is 0 Å². The zero-order valence-electron chi connectivity index (χ0n) is 10.7. The van der Waals surface area contributed by atoms with Gasteiger partial charge in [0.25, 0.3) is 0 Å². The van der Waals surface area contributed by atoms with Crippen LogP contribution in [0.3, 0.4) is 0 Å². The number of carbonyl (C=O) groups is 1. The number of hydrogen-bond donors (Lipinski definition) is 0. The standard InChI is InChI=1S/C14H14O4S/c1-16-12-8-11(13(19-12)14(15)17-2)18-9-10-6-4-3-5-7-10/h3-8H,9H2,1-2H3. The number of rotatable bonds is 5. The zero-order valence-corrected chi connectivity index (χ0v) is 11.5. The third kappa shape index (κ3) is 3.26. The molecule has 1 aromatic carbocycles. The minimum absolute atomic E-state index is 0.394. The molecule has 0 unspecified atom stereocenters. The van der Waals surface area contributed by atoms with Gasteiger partial charge in [-0.3, -0.25) is 0 Å². The van der Waals surface area contributed by atoms with Crippen molar-refractivity contribution in [2.24, 2.45) is 0 Å². The summed E-state index contributed by atoms with van der Waals surface area (Å²) < 4.78 is 15.5. The fraction of sp³-hybridized carbons (Fsp3) is 0.214. The predicted molar refractivity (Wildman–Crippen MR) is 73.0 cm³/mol. The quantitative estimate of drug-likeness (QED) is 0.788.